The van der Waals surface area contributed by atoms with Crippen molar-refractivity contribution in [1.29, 1.82) is 5.26 Å². The van der Waals surface area contributed by atoms with Gasteiger partial charge in [0, 0.05) is 35.0 Å². The van der Waals surface area contributed by atoms with Gasteiger partial charge in [-0.2, -0.15) is 5.26 Å². The van der Waals surface area contributed by atoms with E-state index in [9.17, 15) is 5.26 Å². The fraction of sp³-hybridized carbons (Fsp3) is 0. The lowest BCUT2D eigenvalue weighted by atomic mass is 9.99. The van der Waals surface area contributed by atoms with Crippen LogP contribution in [-0.2, 0) is 0 Å². The normalized spacial score (nSPS) is 12.9. The molecule has 8 rings (SSSR count). The Kier molecular flexibility index (Phi) is 6.87. The molecule has 0 atom stereocenters. The molecule has 0 unspecified atom stereocenters. The van der Waals surface area contributed by atoms with E-state index in [4.69, 9.17) is 0 Å². The van der Waals surface area contributed by atoms with Crippen LogP contribution in [0.4, 0.5) is 17.1 Å². The van der Waals surface area contributed by atoms with Crippen LogP contribution in [0.5, 0.6) is 0 Å². The van der Waals surface area contributed by atoms with Gasteiger partial charge in [-0.15, -0.1) is 0 Å². The monoisotopic (exact) mass is 603 g/mol. The number of anilines is 3. The number of para-hydroxylation sites is 2. The summed E-state index contributed by atoms with van der Waals surface area (Å²) in [5.41, 5.74) is 8.28. The van der Waals surface area contributed by atoms with Gasteiger partial charge in [0.1, 0.15) is 6.07 Å². The quantitative estimate of drug-likeness (QED) is 0.192. The summed E-state index contributed by atoms with van der Waals surface area (Å²) < 4.78 is 0. The van der Waals surface area contributed by atoms with Crippen LogP contribution in [-0.4, -0.2) is 13.1 Å². The van der Waals surface area contributed by atoms with Gasteiger partial charge >= 0.3 is 0 Å². The molecule has 0 saturated carbocycles. The third-order valence-electron chi connectivity index (χ3n) is 9.01. The summed E-state index contributed by atoms with van der Waals surface area (Å²) in [4.78, 5) is 6.72. The van der Waals surface area contributed by atoms with E-state index >= 15 is 0 Å². The Morgan fingerprint density at radius 1 is 0.478 bits per heavy atom. The Labute approximate surface area is 270 Å². The van der Waals surface area contributed by atoms with Crippen LogP contribution in [0, 0.1) is 11.3 Å². The van der Waals surface area contributed by atoms with Crippen molar-refractivity contribution in [3.05, 3.63) is 182 Å². The zero-order valence-corrected chi connectivity index (χ0v) is 26.1. The number of aromatic nitrogens is 1. The first kappa shape index (κ1) is 27.5. The van der Waals surface area contributed by atoms with Gasteiger partial charge in [0.2, 0.25) is 0 Å². The van der Waals surface area contributed by atoms with Crippen molar-refractivity contribution in [2.45, 2.75) is 0 Å². The summed E-state index contributed by atoms with van der Waals surface area (Å²) in [5, 5.41) is 14.9. The van der Waals surface area contributed by atoms with Crippen LogP contribution in [0.25, 0.3) is 22.3 Å². The van der Waals surface area contributed by atoms with E-state index < -0.39 is 8.07 Å². The van der Waals surface area contributed by atoms with Gasteiger partial charge in [0.25, 0.3) is 0 Å². The molecule has 0 saturated heterocycles. The highest BCUT2D eigenvalue weighted by atomic mass is 28.3. The molecule has 0 spiro atoms. The van der Waals surface area contributed by atoms with E-state index in [0.29, 0.717) is 5.56 Å². The maximum absolute atomic E-state index is 9.41. The maximum Gasteiger partial charge on any atom is 0.184 e. The van der Waals surface area contributed by atoms with Gasteiger partial charge in [-0.3, -0.25) is 4.98 Å². The lowest BCUT2D eigenvalue weighted by Gasteiger charge is -2.45. The van der Waals surface area contributed by atoms with Crippen molar-refractivity contribution < 1.29 is 0 Å². The molecule has 0 bridgehead atoms. The second-order valence-corrected chi connectivity index (χ2v) is 15.3. The molecule has 0 aliphatic carbocycles. The fourth-order valence-corrected chi connectivity index (χ4v) is 12.2. The highest BCUT2D eigenvalue weighted by molar-refractivity contribution is 7.21. The standard InChI is InChI=1S/C42H29N3Si/c43-28-31-25-35(30-44-29-31)33-14-11-13-32(26-33)34-15-12-16-36(27-34)45-39-21-7-9-23-41(39)46(37-17-3-1-4-18-37,38-19-5-2-6-20-38)42-24-10-8-22-40(42)45/h1-27,29-30H. The molecule has 216 valence electrons. The van der Waals surface area contributed by atoms with Gasteiger partial charge in [0.15, 0.2) is 8.07 Å². The topological polar surface area (TPSA) is 39.9 Å². The van der Waals surface area contributed by atoms with E-state index in [1.165, 1.54) is 32.1 Å². The van der Waals surface area contributed by atoms with Crippen LogP contribution >= 0.6 is 0 Å². The molecule has 0 N–H and O–H groups in total. The lowest BCUT2D eigenvalue weighted by molar-refractivity contribution is 1.29. The van der Waals surface area contributed by atoms with E-state index in [1.807, 2.05) is 12.3 Å². The molecular formula is C42H29N3Si. The van der Waals surface area contributed by atoms with E-state index in [-0.39, 0.29) is 0 Å². The average molecular weight is 604 g/mol. The number of hydrogen-bond donors (Lipinski definition) is 0. The minimum absolute atomic E-state index is 0.554. The van der Waals surface area contributed by atoms with Crippen molar-refractivity contribution in [2.75, 3.05) is 4.90 Å². The average Bonchev–Trinajstić information content (AvgIpc) is 3.14. The molecule has 1 aliphatic rings. The van der Waals surface area contributed by atoms with E-state index in [2.05, 4.69) is 174 Å². The fourth-order valence-electron chi connectivity index (χ4n) is 7.05. The number of nitriles is 1. The molecule has 0 amide bonds. The second-order valence-electron chi connectivity index (χ2n) is 11.6. The lowest BCUT2D eigenvalue weighted by Crippen LogP contribution is -2.77. The second kappa shape index (κ2) is 11.5. The molecule has 0 radical (unpaired) electrons. The summed E-state index contributed by atoms with van der Waals surface area (Å²) in [5.74, 6) is 0. The van der Waals surface area contributed by atoms with Crippen molar-refractivity contribution in [3.63, 3.8) is 0 Å². The Morgan fingerprint density at radius 2 is 1.00 bits per heavy atom. The Hall–Kier alpha value is -6.02. The van der Waals surface area contributed by atoms with Crippen molar-refractivity contribution in [3.8, 4) is 28.3 Å². The number of rotatable bonds is 5. The number of hydrogen-bond acceptors (Lipinski definition) is 3. The summed E-state index contributed by atoms with van der Waals surface area (Å²) in [7, 11) is -2.65. The highest BCUT2D eigenvalue weighted by Crippen LogP contribution is 2.39. The van der Waals surface area contributed by atoms with E-state index in [0.717, 1.165) is 27.9 Å². The SMILES string of the molecule is N#Cc1cncc(-c2cccc(-c3cccc(N4c5ccccc5[Si](c5ccccc5)(c5ccccc5)c5ccccc54)c3)c2)c1. The van der Waals surface area contributed by atoms with Gasteiger partial charge in [-0.25, -0.2) is 0 Å². The maximum atomic E-state index is 9.41. The molecule has 7 aromatic rings. The number of fused-ring (bicyclic) bond motifs is 2. The molecule has 0 fully saturated rings. The summed E-state index contributed by atoms with van der Waals surface area (Å²) in [6, 6.07) is 61.5. The van der Waals surface area contributed by atoms with Crippen LogP contribution in [0.2, 0.25) is 0 Å². The van der Waals surface area contributed by atoms with Gasteiger partial charge in [-0.05, 0) is 73.8 Å². The number of pyridine rings is 1. The first-order valence-electron chi connectivity index (χ1n) is 15.4. The largest absolute Gasteiger partial charge is 0.311 e. The smallest absolute Gasteiger partial charge is 0.184 e. The third-order valence-corrected chi connectivity index (χ3v) is 13.9. The van der Waals surface area contributed by atoms with Crippen LogP contribution < -0.4 is 25.6 Å². The number of benzene rings is 6. The number of nitrogens with zero attached hydrogens (tertiary/aromatic N) is 3. The van der Waals surface area contributed by atoms with Crippen molar-refractivity contribution >= 4 is 45.9 Å². The first-order chi connectivity index (χ1) is 22.8. The Bertz CT molecular complexity index is 2150. The first-order valence-corrected chi connectivity index (χ1v) is 17.4. The van der Waals surface area contributed by atoms with E-state index in [1.54, 1.807) is 6.20 Å². The molecule has 46 heavy (non-hydrogen) atoms. The molecule has 2 heterocycles. The predicted octanol–water partition coefficient (Wildman–Crippen LogP) is 7.45. The van der Waals surface area contributed by atoms with Gasteiger partial charge in [-0.1, -0.05) is 127 Å². The predicted molar refractivity (Wildman–Crippen MR) is 192 cm³/mol. The molecule has 1 aromatic heterocycles. The van der Waals surface area contributed by atoms with Crippen molar-refractivity contribution in [2.24, 2.45) is 0 Å². The summed E-state index contributed by atoms with van der Waals surface area (Å²) in [6.45, 7) is 0. The van der Waals surface area contributed by atoms with Crippen LogP contribution in [0.15, 0.2) is 176 Å². The molecule has 1 aliphatic heterocycles. The van der Waals surface area contributed by atoms with Crippen LogP contribution in [0.3, 0.4) is 0 Å². The molecular weight excluding hydrogens is 575 g/mol. The Balaban J connectivity index is 1.32. The minimum Gasteiger partial charge on any atom is -0.311 e. The molecule has 6 aromatic carbocycles. The third kappa shape index (κ3) is 4.45. The van der Waals surface area contributed by atoms with Gasteiger partial charge < -0.3 is 4.90 Å². The van der Waals surface area contributed by atoms with Crippen LogP contribution in [0.1, 0.15) is 5.56 Å². The summed E-state index contributed by atoms with van der Waals surface area (Å²) in [6.07, 6.45) is 3.41. The zero-order chi connectivity index (χ0) is 30.9. The highest BCUT2D eigenvalue weighted by Gasteiger charge is 2.48. The molecule has 4 heteroatoms. The van der Waals surface area contributed by atoms with Crippen molar-refractivity contribution in [1.82, 2.24) is 4.98 Å². The van der Waals surface area contributed by atoms with Gasteiger partial charge in [0.05, 0.1) is 5.56 Å². The molecule has 3 nitrogen and oxygen atoms in total. The zero-order valence-electron chi connectivity index (χ0n) is 25.1. The minimum atomic E-state index is -2.65. The Morgan fingerprint density at radius 3 is 1.61 bits per heavy atom. The summed E-state index contributed by atoms with van der Waals surface area (Å²) >= 11 is 0.